The van der Waals surface area contributed by atoms with Gasteiger partial charge in [-0.25, -0.2) is 0 Å². The minimum Gasteiger partial charge on any atom is -0.493 e. The molecule has 0 bridgehead atoms. The lowest BCUT2D eigenvalue weighted by atomic mass is 9.88. The topological polar surface area (TPSA) is 67.4 Å². The summed E-state index contributed by atoms with van der Waals surface area (Å²) < 4.78 is 16.3. The van der Waals surface area contributed by atoms with Crippen molar-refractivity contribution < 1.29 is 14.2 Å². The highest BCUT2D eigenvalue weighted by Gasteiger charge is 2.39. The molecule has 0 unspecified atom stereocenters. The van der Waals surface area contributed by atoms with E-state index in [-0.39, 0.29) is 29.5 Å². The van der Waals surface area contributed by atoms with Crippen molar-refractivity contribution in [3.8, 4) is 11.5 Å². The lowest BCUT2D eigenvalue weighted by Gasteiger charge is -2.45. The van der Waals surface area contributed by atoms with Crippen molar-refractivity contribution >= 4 is 29.9 Å². The quantitative estimate of drug-likeness (QED) is 0.329. The molecule has 3 rings (SSSR count). The molecule has 2 saturated heterocycles. The summed E-state index contributed by atoms with van der Waals surface area (Å²) in [5.74, 6) is 2.29. The average molecular weight is 518 g/mol. The van der Waals surface area contributed by atoms with Gasteiger partial charge in [0.1, 0.15) is 0 Å². The third-order valence-corrected chi connectivity index (χ3v) is 5.92. The van der Waals surface area contributed by atoms with E-state index in [1.54, 1.807) is 14.2 Å². The molecule has 0 atom stereocenters. The van der Waals surface area contributed by atoms with Crippen LogP contribution in [0.2, 0.25) is 0 Å². The van der Waals surface area contributed by atoms with Gasteiger partial charge in [-0.3, -0.25) is 9.89 Å². The van der Waals surface area contributed by atoms with E-state index in [0.717, 1.165) is 55.6 Å². The van der Waals surface area contributed by atoms with E-state index in [2.05, 4.69) is 20.5 Å². The molecule has 1 aromatic carbocycles. The lowest BCUT2D eigenvalue weighted by molar-refractivity contribution is -0.0164. The lowest BCUT2D eigenvalue weighted by Crippen LogP contribution is -2.58. The highest BCUT2D eigenvalue weighted by Crippen LogP contribution is 2.31. The van der Waals surface area contributed by atoms with Gasteiger partial charge in [0.05, 0.1) is 14.2 Å². The van der Waals surface area contributed by atoms with Gasteiger partial charge < -0.3 is 24.8 Å². The number of rotatable bonds is 7. The molecule has 0 spiro atoms. The SMILES string of the molecule is CN=C(NCc1ccc(OC)c(OC)c1)NCC1(N2CCCC2)CCOCC1.I. The predicted octanol–water partition coefficient (Wildman–Crippen LogP) is 2.63. The van der Waals surface area contributed by atoms with E-state index in [0.29, 0.717) is 6.54 Å². The number of nitrogens with zero attached hydrogens (tertiary/aromatic N) is 2. The molecule has 2 aliphatic rings. The molecular formula is C21H35IN4O3. The normalized spacial score (nSPS) is 19.3. The predicted molar refractivity (Wildman–Crippen MR) is 127 cm³/mol. The number of hydrogen-bond donors (Lipinski definition) is 2. The Morgan fingerprint density at radius 3 is 2.41 bits per heavy atom. The average Bonchev–Trinajstić information content (AvgIpc) is 3.30. The maximum Gasteiger partial charge on any atom is 0.191 e. The van der Waals surface area contributed by atoms with E-state index in [1.165, 1.54) is 25.9 Å². The van der Waals surface area contributed by atoms with Gasteiger partial charge >= 0.3 is 0 Å². The monoisotopic (exact) mass is 518 g/mol. The summed E-state index contributed by atoms with van der Waals surface area (Å²) in [6.45, 7) is 5.63. The molecule has 0 saturated carbocycles. The molecule has 164 valence electrons. The zero-order valence-corrected chi connectivity index (χ0v) is 20.2. The van der Waals surface area contributed by atoms with Gasteiger partial charge in [-0.05, 0) is 56.5 Å². The van der Waals surface area contributed by atoms with Crippen LogP contribution in [-0.2, 0) is 11.3 Å². The summed E-state index contributed by atoms with van der Waals surface area (Å²) in [6, 6.07) is 5.95. The number of halogens is 1. The van der Waals surface area contributed by atoms with Crippen LogP contribution in [0.1, 0.15) is 31.2 Å². The second kappa shape index (κ2) is 11.8. The molecular weight excluding hydrogens is 483 g/mol. The second-order valence-electron chi connectivity index (χ2n) is 7.50. The van der Waals surface area contributed by atoms with Crippen molar-refractivity contribution in [3.05, 3.63) is 23.8 Å². The molecule has 8 heteroatoms. The van der Waals surface area contributed by atoms with Crippen LogP contribution in [0.5, 0.6) is 11.5 Å². The Morgan fingerprint density at radius 2 is 1.79 bits per heavy atom. The molecule has 1 aromatic rings. The molecule has 0 amide bonds. The zero-order valence-electron chi connectivity index (χ0n) is 17.8. The Bertz CT molecular complexity index is 659. The highest BCUT2D eigenvalue weighted by molar-refractivity contribution is 14.0. The zero-order chi connectivity index (χ0) is 19.8. The number of ether oxygens (including phenoxy) is 3. The van der Waals surface area contributed by atoms with Crippen molar-refractivity contribution in [2.24, 2.45) is 4.99 Å². The molecule has 7 nitrogen and oxygen atoms in total. The van der Waals surface area contributed by atoms with Crippen molar-refractivity contribution in [2.45, 2.75) is 37.8 Å². The minimum absolute atomic E-state index is 0. The number of hydrogen-bond acceptors (Lipinski definition) is 5. The van der Waals surface area contributed by atoms with Gasteiger partial charge in [0.25, 0.3) is 0 Å². The molecule has 2 aliphatic heterocycles. The maximum atomic E-state index is 5.64. The first-order chi connectivity index (χ1) is 13.7. The first-order valence-corrected chi connectivity index (χ1v) is 10.2. The van der Waals surface area contributed by atoms with Gasteiger partial charge in [-0.1, -0.05) is 6.07 Å². The third-order valence-electron chi connectivity index (χ3n) is 5.92. The molecule has 2 N–H and O–H groups in total. The molecule has 0 aliphatic carbocycles. The highest BCUT2D eigenvalue weighted by atomic mass is 127. The third kappa shape index (κ3) is 6.11. The molecule has 2 fully saturated rings. The molecule has 2 heterocycles. The standard InChI is InChI=1S/C21H34N4O3.HI/c1-22-20(23-15-17-6-7-18(26-2)19(14-17)27-3)24-16-21(8-12-28-13-9-21)25-10-4-5-11-25;/h6-7,14H,4-5,8-13,15-16H2,1-3H3,(H2,22,23,24);1H. The van der Waals surface area contributed by atoms with Gasteiger partial charge in [0.2, 0.25) is 0 Å². The summed E-state index contributed by atoms with van der Waals surface area (Å²) in [4.78, 5) is 7.07. The van der Waals surface area contributed by atoms with Gasteiger partial charge in [-0.2, -0.15) is 0 Å². The van der Waals surface area contributed by atoms with Crippen molar-refractivity contribution in [1.29, 1.82) is 0 Å². The summed E-state index contributed by atoms with van der Waals surface area (Å²) >= 11 is 0. The Balaban J connectivity index is 0.00000300. The number of methoxy groups -OCH3 is 2. The molecule has 0 radical (unpaired) electrons. The number of benzene rings is 1. The summed E-state index contributed by atoms with van der Waals surface area (Å²) in [5, 5.41) is 6.98. The van der Waals surface area contributed by atoms with Crippen LogP contribution in [0.3, 0.4) is 0 Å². The van der Waals surface area contributed by atoms with Gasteiger partial charge in [0, 0.05) is 38.9 Å². The minimum atomic E-state index is 0. The summed E-state index contributed by atoms with van der Waals surface area (Å²) in [6.07, 6.45) is 4.75. The fourth-order valence-electron chi connectivity index (χ4n) is 4.19. The van der Waals surface area contributed by atoms with E-state index < -0.39 is 0 Å². The van der Waals surface area contributed by atoms with Crippen LogP contribution in [0, 0.1) is 0 Å². The van der Waals surface area contributed by atoms with Crippen molar-refractivity contribution in [1.82, 2.24) is 15.5 Å². The first kappa shape index (κ1) is 24.0. The number of nitrogens with one attached hydrogen (secondary N) is 2. The van der Waals surface area contributed by atoms with E-state index in [1.807, 2.05) is 25.2 Å². The van der Waals surface area contributed by atoms with Crippen LogP contribution < -0.4 is 20.1 Å². The van der Waals surface area contributed by atoms with Crippen LogP contribution in [0.25, 0.3) is 0 Å². The van der Waals surface area contributed by atoms with E-state index in [9.17, 15) is 0 Å². The van der Waals surface area contributed by atoms with Crippen LogP contribution >= 0.6 is 24.0 Å². The fourth-order valence-corrected chi connectivity index (χ4v) is 4.19. The van der Waals surface area contributed by atoms with Crippen molar-refractivity contribution in [2.75, 3.05) is 54.1 Å². The summed E-state index contributed by atoms with van der Waals surface area (Å²) in [7, 11) is 5.12. The Labute approximate surface area is 191 Å². The van der Waals surface area contributed by atoms with Gasteiger partial charge in [0.15, 0.2) is 17.5 Å². The molecule has 29 heavy (non-hydrogen) atoms. The first-order valence-electron chi connectivity index (χ1n) is 10.2. The van der Waals surface area contributed by atoms with Gasteiger partial charge in [-0.15, -0.1) is 24.0 Å². The Morgan fingerprint density at radius 1 is 1.10 bits per heavy atom. The largest absolute Gasteiger partial charge is 0.493 e. The van der Waals surface area contributed by atoms with E-state index in [4.69, 9.17) is 14.2 Å². The fraction of sp³-hybridized carbons (Fsp3) is 0.667. The second-order valence-corrected chi connectivity index (χ2v) is 7.50. The Kier molecular flexibility index (Phi) is 9.78. The number of guanidine groups is 1. The Hall–Kier alpha value is -1.26. The number of aliphatic imine (C=N–C) groups is 1. The smallest absolute Gasteiger partial charge is 0.191 e. The summed E-state index contributed by atoms with van der Waals surface area (Å²) in [5.41, 5.74) is 1.29. The van der Waals surface area contributed by atoms with Crippen LogP contribution in [0.4, 0.5) is 0 Å². The van der Waals surface area contributed by atoms with Crippen LogP contribution in [0.15, 0.2) is 23.2 Å². The number of likely N-dealkylation sites (tertiary alicyclic amines) is 1. The van der Waals surface area contributed by atoms with Crippen molar-refractivity contribution in [3.63, 3.8) is 0 Å². The van der Waals surface area contributed by atoms with E-state index >= 15 is 0 Å². The molecule has 0 aromatic heterocycles. The van der Waals surface area contributed by atoms with Crippen LogP contribution in [-0.4, -0.2) is 70.5 Å². The maximum absolute atomic E-state index is 5.64.